The van der Waals surface area contributed by atoms with Crippen molar-refractivity contribution in [2.75, 3.05) is 0 Å². The van der Waals surface area contributed by atoms with Gasteiger partial charge in [0.05, 0.1) is 15.9 Å². The Hall–Kier alpha value is -1.59. The zero-order valence-electron chi connectivity index (χ0n) is 11.7. The maximum atomic E-state index is 6.24. The van der Waals surface area contributed by atoms with Crippen LogP contribution in [0.5, 0.6) is 0 Å². The summed E-state index contributed by atoms with van der Waals surface area (Å²) < 4.78 is 7.05. The number of aromatic nitrogens is 4. The first-order valence-electron chi connectivity index (χ1n) is 6.64. The minimum atomic E-state index is -0.208. The summed E-state index contributed by atoms with van der Waals surface area (Å²) >= 11 is 12.5. The second-order valence-electron chi connectivity index (χ2n) is 4.82. The highest BCUT2D eigenvalue weighted by molar-refractivity contribution is 6.35. The molecule has 0 N–H and O–H groups in total. The number of aryl methyl sites for hydroxylation is 3. The van der Waals surface area contributed by atoms with Gasteiger partial charge in [0.15, 0.2) is 5.82 Å². The Labute approximate surface area is 131 Å². The van der Waals surface area contributed by atoms with Crippen LogP contribution in [0.1, 0.15) is 29.8 Å². The van der Waals surface area contributed by atoms with Gasteiger partial charge in [-0.1, -0.05) is 22.8 Å². The third-order valence-electron chi connectivity index (χ3n) is 3.24. The third-order valence-corrected chi connectivity index (χ3v) is 3.74. The lowest BCUT2D eigenvalue weighted by Gasteiger charge is -2.09. The number of nitrogens with zero attached hydrogens (tertiary/aromatic N) is 4. The number of rotatable bonds is 4. The molecule has 0 amide bonds. The zero-order chi connectivity index (χ0) is 15.0. The minimum absolute atomic E-state index is 0.208. The molecule has 7 heteroatoms. The van der Waals surface area contributed by atoms with Crippen molar-refractivity contribution < 1.29 is 4.52 Å². The summed E-state index contributed by atoms with van der Waals surface area (Å²) in [4.78, 5) is 8.78. The molecule has 0 saturated heterocycles. The van der Waals surface area contributed by atoms with Gasteiger partial charge in [0.2, 0.25) is 5.89 Å². The van der Waals surface area contributed by atoms with E-state index in [1.807, 2.05) is 25.1 Å². The summed E-state index contributed by atoms with van der Waals surface area (Å²) in [5.41, 5.74) is 1.73. The average Bonchev–Trinajstić information content (AvgIpc) is 3.01. The van der Waals surface area contributed by atoms with E-state index in [4.69, 9.17) is 27.7 Å². The van der Waals surface area contributed by atoms with Gasteiger partial charge in [0, 0.05) is 19.9 Å². The number of alkyl halides is 1. The molecular weight excluding hydrogens is 311 g/mol. The quantitative estimate of drug-likeness (QED) is 0.682. The predicted octanol–water partition coefficient (Wildman–Crippen LogP) is 3.92. The molecule has 21 heavy (non-hydrogen) atoms. The highest BCUT2D eigenvalue weighted by Crippen LogP contribution is 2.28. The van der Waals surface area contributed by atoms with Gasteiger partial charge >= 0.3 is 0 Å². The largest absolute Gasteiger partial charge is 0.340 e. The van der Waals surface area contributed by atoms with Crippen molar-refractivity contribution in [3.63, 3.8) is 0 Å². The molecule has 0 aliphatic heterocycles. The molecule has 1 unspecified atom stereocenters. The number of benzene rings is 1. The monoisotopic (exact) mass is 324 g/mol. The van der Waals surface area contributed by atoms with E-state index < -0.39 is 0 Å². The summed E-state index contributed by atoms with van der Waals surface area (Å²) in [7, 11) is 0. The first kappa shape index (κ1) is 14.4. The van der Waals surface area contributed by atoms with Gasteiger partial charge in [-0.25, -0.2) is 4.98 Å². The lowest BCUT2D eigenvalue weighted by molar-refractivity contribution is 0.386. The van der Waals surface area contributed by atoms with E-state index >= 15 is 0 Å². The number of para-hydroxylation sites is 1. The van der Waals surface area contributed by atoms with E-state index in [0.717, 1.165) is 16.9 Å². The fraction of sp³-hybridized carbons (Fsp3) is 0.357. The molecule has 0 aliphatic rings. The van der Waals surface area contributed by atoms with E-state index in [1.54, 1.807) is 6.92 Å². The number of imidazole rings is 1. The van der Waals surface area contributed by atoms with E-state index in [9.17, 15) is 0 Å². The smallest absolute Gasteiger partial charge is 0.223 e. The molecule has 2 heterocycles. The maximum Gasteiger partial charge on any atom is 0.223 e. The highest BCUT2D eigenvalue weighted by Gasteiger charge is 2.17. The van der Waals surface area contributed by atoms with E-state index in [2.05, 4.69) is 19.7 Å². The SMILES string of the molecule is Cc1nc(CCn2c(C(C)Cl)nc3c(Cl)cccc32)no1. The second kappa shape index (κ2) is 5.66. The Kier molecular flexibility index (Phi) is 3.87. The maximum absolute atomic E-state index is 6.24. The molecule has 1 atom stereocenters. The average molecular weight is 325 g/mol. The predicted molar refractivity (Wildman–Crippen MR) is 81.8 cm³/mol. The molecule has 110 valence electrons. The van der Waals surface area contributed by atoms with Gasteiger partial charge in [-0.05, 0) is 19.1 Å². The molecular formula is C14H14Cl2N4O. The second-order valence-corrected chi connectivity index (χ2v) is 5.89. The van der Waals surface area contributed by atoms with Crippen molar-refractivity contribution >= 4 is 34.2 Å². The molecule has 0 fully saturated rings. The fourth-order valence-corrected chi connectivity index (χ4v) is 2.70. The van der Waals surface area contributed by atoms with Crippen molar-refractivity contribution in [3.8, 4) is 0 Å². The summed E-state index contributed by atoms with van der Waals surface area (Å²) in [6.07, 6.45) is 0.645. The molecule has 2 aromatic heterocycles. The molecule has 0 aliphatic carbocycles. The molecule has 3 aromatic rings. The van der Waals surface area contributed by atoms with Crippen LogP contribution in [0, 0.1) is 6.92 Å². The lowest BCUT2D eigenvalue weighted by Crippen LogP contribution is -2.07. The number of fused-ring (bicyclic) bond motifs is 1. The van der Waals surface area contributed by atoms with Crippen LogP contribution in [0.2, 0.25) is 5.02 Å². The third kappa shape index (κ3) is 2.76. The fourth-order valence-electron chi connectivity index (χ4n) is 2.32. The van der Waals surface area contributed by atoms with Crippen LogP contribution in [-0.2, 0) is 13.0 Å². The molecule has 5 nitrogen and oxygen atoms in total. The molecule has 0 saturated carbocycles. The lowest BCUT2D eigenvalue weighted by atomic mass is 10.3. The van der Waals surface area contributed by atoms with Crippen molar-refractivity contribution in [1.82, 2.24) is 19.7 Å². The van der Waals surface area contributed by atoms with Gasteiger partial charge in [-0.15, -0.1) is 11.6 Å². The minimum Gasteiger partial charge on any atom is -0.340 e. The van der Waals surface area contributed by atoms with Crippen LogP contribution in [0.15, 0.2) is 22.7 Å². The molecule has 1 aromatic carbocycles. The summed E-state index contributed by atoms with van der Waals surface area (Å²) in [6.45, 7) is 4.34. The standard InChI is InChI=1S/C14H14Cl2N4O/c1-8(15)14-18-13-10(16)4-3-5-11(13)20(14)7-6-12-17-9(2)21-19-12/h3-5,8H,6-7H2,1-2H3. The summed E-state index contributed by atoms with van der Waals surface area (Å²) in [5.74, 6) is 2.03. The van der Waals surface area contributed by atoms with Gasteiger partial charge in [-0.2, -0.15) is 4.98 Å². The normalized spacial score (nSPS) is 13.0. The Morgan fingerprint density at radius 2 is 2.14 bits per heavy atom. The van der Waals surface area contributed by atoms with E-state index in [0.29, 0.717) is 29.7 Å². The number of hydrogen-bond acceptors (Lipinski definition) is 4. The van der Waals surface area contributed by atoms with Crippen molar-refractivity contribution in [2.24, 2.45) is 0 Å². The van der Waals surface area contributed by atoms with Crippen LogP contribution in [0.4, 0.5) is 0 Å². The zero-order valence-corrected chi connectivity index (χ0v) is 13.2. The van der Waals surface area contributed by atoms with Crippen molar-refractivity contribution in [3.05, 3.63) is 40.8 Å². The van der Waals surface area contributed by atoms with Gasteiger partial charge in [-0.3, -0.25) is 0 Å². The van der Waals surface area contributed by atoms with Gasteiger partial charge in [0.25, 0.3) is 0 Å². The van der Waals surface area contributed by atoms with Gasteiger partial charge < -0.3 is 9.09 Å². The Balaban J connectivity index is 1.99. The topological polar surface area (TPSA) is 56.7 Å². The van der Waals surface area contributed by atoms with E-state index in [1.165, 1.54) is 0 Å². The van der Waals surface area contributed by atoms with Crippen LogP contribution in [0.25, 0.3) is 11.0 Å². The summed E-state index contributed by atoms with van der Waals surface area (Å²) in [6, 6.07) is 5.72. The van der Waals surface area contributed by atoms with Gasteiger partial charge in [0.1, 0.15) is 11.3 Å². The van der Waals surface area contributed by atoms with Crippen LogP contribution < -0.4 is 0 Å². The molecule has 3 rings (SSSR count). The molecule has 0 radical (unpaired) electrons. The van der Waals surface area contributed by atoms with Crippen LogP contribution in [-0.4, -0.2) is 19.7 Å². The first-order chi connectivity index (χ1) is 10.1. The molecule has 0 bridgehead atoms. The van der Waals surface area contributed by atoms with Crippen molar-refractivity contribution in [1.29, 1.82) is 0 Å². The first-order valence-corrected chi connectivity index (χ1v) is 7.45. The highest BCUT2D eigenvalue weighted by atomic mass is 35.5. The molecule has 0 spiro atoms. The Morgan fingerprint density at radius 1 is 1.33 bits per heavy atom. The number of halogens is 2. The van der Waals surface area contributed by atoms with Crippen LogP contribution >= 0.6 is 23.2 Å². The van der Waals surface area contributed by atoms with Crippen LogP contribution in [0.3, 0.4) is 0 Å². The number of hydrogen-bond donors (Lipinski definition) is 0. The van der Waals surface area contributed by atoms with Crippen molar-refractivity contribution in [2.45, 2.75) is 32.2 Å². The summed E-state index contributed by atoms with van der Waals surface area (Å²) in [5, 5.41) is 4.33. The van der Waals surface area contributed by atoms with E-state index in [-0.39, 0.29) is 5.38 Å². The Morgan fingerprint density at radius 3 is 2.81 bits per heavy atom. The Bertz CT molecular complexity index is 778.